The standard InChI is InChI=1S/C25H23N7O2/c1-3-5-19(4-2)30-25(33)31-20-8-6-17(7-9-20)10-15-27-22-21-24(29-16-28-22)34-23(32-21)18-11-13-26-14-12-18/h3-9,11-14,16H,1-2,10,15H2,(H,27,28,29)(H2,30,31,33)/b19-5+. The van der Waals surface area contributed by atoms with E-state index in [9.17, 15) is 4.79 Å². The minimum atomic E-state index is -0.353. The zero-order valence-electron chi connectivity index (χ0n) is 18.4. The number of carbonyl (C=O) groups is 1. The molecule has 0 spiro atoms. The van der Waals surface area contributed by atoms with Crippen LogP contribution in [0.1, 0.15) is 5.56 Å². The third-order valence-corrected chi connectivity index (χ3v) is 4.82. The van der Waals surface area contributed by atoms with Gasteiger partial charge in [-0.25, -0.2) is 14.8 Å². The Morgan fingerprint density at radius 1 is 1.06 bits per heavy atom. The van der Waals surface area contributed by atoms with E-state index in [1.165, 1.54) is 6.33 Å². The molecule has 4 aromatic rings. The van der Waals surface area contributed by atoms with Crippen molar-refractivity contribution in [1.82, 2.24) is 25.3 Å². The largest absolute Gasteiger partial charge is 0.417 e. The van der Waals surface area contributed by atoms with Gasteiger partial charge in [-0.3, -0.25) is 4.98 Å². The first kappa shape index (κ1) is 22.4. The first-order chi connectivity index (χ1) is 16.7. The quantitative estimate of drug-likeness (QED) is 0.314. The molecule has 3 aromatic heterocycles. The van der Waals surface area contributed by atoms with Crippen LogP contribution in [0.25, 0.3) is 22.7 Å². The van der Waals surface area contributed by atoms with Crippen molar-refractivity contribution in [2.24, 2.45) is 0 Å². The number of hydrogen-bond acceptors (Lipinski definition) is 7. The number of hydrogen-bond donors (Lipinski definition) is 3. The van der Waals surface area contributed by atoms with Crippen LogP contribution in [0.2, 0.25) is 0 Å². The van der Waals surface area contributed by atoms with E-state index >= 15 is 0 Å². The maximum Gasteiger partial charge on any atom is 0.323 e. The first-order valence-electron chi connectivity index (χ1n) is 10.5. The van der Waals surface area contributed by atoms with Crippen LogP contribution in [0.3, 0.4) is 0 Å². The van der Waals surface area contributed by atoms with Gasteiger partial charge < -0.3 is 20.4 Å². The zero-order chi connectivity index (χ0) is 23.8. The van der Waals surface area contributed by atoms with Crippen LogP contribution in [-0.2, 0) is 6.42 Å². The normalized spacial score (nSPS) is 11.1. The Bertz CT molecular complexity index is 1330. The van der Waals surface area contributed by atoms with Gasteiger partial charge in [0.05, 0.1) is 0 Å². The van der Waals surface area contributed by atoms with Crippen molar-refractivity contribution < 1.29 is 9.21 Å². The number of oxazole rings is 1. The SMILES string of the molecule is C=C/C=C(\C=C)NC(=O)Nc1ccc(CCNc2ncnc3oc(-c4ccncc4)nc23)cc1. The lowest BCUT2D eigenvalue weighted by atomic mass is 10.1. The molecule has 9 heteroatoms. The first-order valence-corrected chi connectivity index (χ1v) is 10.5. The van der Waals surface area contributed by atoms with E-state index in [0.29, 0.717) is 40.9 Å². The average molecular weight is 454 g/mol. The molecule has 170 valence electrons. The van der Waals surface area contributed by atoms with Gasteiger partial charge in [0.1, 0.15) is 6.33 Å². The lowest BCUT2D eigenvalue weighted by Crippen LogP contribution is -2.27. The molecule has 0 atom stereocenters. The van der Waals surface area contributed by atoms with E-state index in [4.69, 9.17) is 4.42 Å². The number of rotatable bonds is 9. The van der Waals surface area contributed by atoms with E-state index in [1.807, 2.05) is 36.4 Å². The third-order valence-electron chi connectivity index (χ3n) is 4.82. The average Bonchev–Trinajstić information content (AvgIpc) is 3.31. The Hall–Kier alpha value is -4.79. The molecule has 34 heavy (non-hydrogen) atoms. The van der Waals surface area contributed by atoms with Crippen molar-refractivity contribution in [3.8, 4) is 11.5 Å². The summed E-state index contributed by atoms with van der Waals surface area (Å²) in [7, 11) is 0. The molecule has 0 saturated carbocycles. The number of benzene rings is 1. The molecule has 0 aliphatic heterocycles. The van der Waals surface area contributed by atoms with Crippen molar-refractivity contribution in [1.29, 1.82) is 0 Å². The van der Waals surface area contributed by atoms with Gasteiger partial charge in [-0.05, 0) is 48.4 Å². The summed E-state index contributed by atoms with van der Waals surface area (Å²) < 4.78 is 5.77. The minimum Gasteiger partial charge on any atom is -0.417 e. The number of carbonyl (C=O) groups excluding carboxylic acids is 1. The van der Waals surface area contributed by atoms with Gasteiger partial charge >= 0.3 is 6.03 Å². The Kier molecular flexibility index (Phi) is 7.04. The summed E-state index contributed by atoms with van der Waals surface area (Å²) in [4.78, 5) is 29.1. The monoisotopic (exact) mass is 453 g/mol. The van der Waals surface area contributed by atoms with Crippen LogP contribution in [-0.4, -0.2) is 32.5 Å². The summed E-state index contributed by atoms with van der Waals surface area (Å²) in [5.74, 6) is 1.07. The highest BCUT2D eigenvalue weighted by Gasteiger charge is 2.13. The molecule has 0 bridgehead atoms. The van der Waals surface area contributed by atoms with Gasteiger partial charge in [0.2, 0.25) is 5.89 Å². The molecule has 2 amide bonds. The molecular weight excluding hydrogens is 430 g/mol. The minimum absolute atomic E-state index is 0.353. The number of pyridine rings is 1. The summed E-state index contributed by atoms with van der Waals surface area (Å²) in [6.45, 7) is 7.88. The van der Waals surface area contributed by atoms with Crippen LogP contribution >= 0.6 is 0 Å². The van der Waals surface area contributed by atoms with E-state index < -0.39 is 0 Å². The van der Waals surface area contributed by atoms with Gasteiger partial charge in [0.25, 0.3) is 5.71 Å². The fraction of sp³-hybridized carbons (Fsp3) is 0.0800. The predicted molar refractivity (Wildman–Crippen MR) is 132 cm³/mol. The van der Waals surface area contributed by atoms with Crippen molar-refractivity contribution >= 4 is 28.8 Å². The second-order valence-corrected chi connectivity index (χ2v) is 7.15. The molecule has 4 rings (SSSR count). The van der Waals surface area contributed by atoms with Crippen molar-refractivity contribution in [3.05, 3.63) is 97.8 Å². The van der Waals surface area contributed by atoms with Gasteiger partial charge in [-0.15, -0.1) is 0 Å². The lowest BCUT2D eigenvalue weighted by Gasteiger charge is -2.09. The molecular formula is C25H23N7O2. The van der Waals surface area contributed by atoms with Crippen LogP contribution in [0.4, 0.5) is 16.3 Å². The van der Waals surface area contributed by atoms with Gasteiger partial charge in [0.15, 0.2) is 11.3 Å². The molecule has 1 aromatic carbocycles. The van der Waals surface area contributed by atoms with E-state index in [0.717, 1.165) is 17.5 Å². The van der Waals surface area contributed by atoms with E-state index in [-0.39, 0.29) is 6.03 Å². The topological polar surface area (TPSA) is 118 Å². The predicted octanol–water partition coefficient (Wildman–Crippen LogP) is 4.71. The Labute approximate surface area is 196 Å². The molecule has 0 aliphatic rings. The Morgan fingerprint density at radius 2 is 1.85 bits per heavy atom. The number of urea groups is 1. The maximum absolute atomic E-state index is 12.1. The maximum atomic E-state index is 12.1. The Morgan fingerprint density at radius 3 is 2.59 bits per heavy atom. The van der Waals surface area contributed by atoms with Crippen molar-refractivity contribution in [2.75, 3.05) is 17.2 Å². The van der Waals surface area contributed by atoms with Gasteiger partial charge in [0, 0.05) is 35.9 Å². The smallest absolute Gasteiger partial charge is 0.323 e. The Balaban J connectivity index is 1.34. The number of nitrogens with one attached hydrogen (secondary N) is 3. The van der Waals surface area contributed by atoms with Gasteiger partial charge in [-0.1, -0.05) is 31.4 Å². The molecule has 9 nitrogen and oxygen atoms in total. The number of anilines is 2. The summed E-state index contributed by atoms with van der Waals surface area (Å²) >= 11 is 0. The van der Waals surface area contributed by atoms with Gasteiger partial charge in [-0.2, -0.15) is 4.98 Å². The van der Waals surface area contributed by atoms with Crippen LogP contribution in [0.15, 0.2) is 96.6 Å². The van der Waals surface area contributed by atoms with Crippen LogP contribution in [0.5, 0.6) is 0 Å². The number of allylic oxidation sites excluding steroid dienone is 3. The zero-order valence-corrected chi connectivity index (χ0v) is 18.4. The van der Waals surface area contributed by atoms with Crippen molar-refractivity contribution in [3.63, 3.8) is 0 Å². The highest BCUT2D eigenvalue weighted by molar-refractivity contribution is 5.90. The molecule has 3 heterocycles. The number of fused-ring (bicyclic) bond motifs is 1. The second-order valence-electron chi connectivity index (χ2n) is 7.15. The number of aromatic nitrogens is 4. The van der Waals surface area contributed by atoms with Crippen LogP contribution in [0, 0.1) is 0 Å². The third kappa shape index (κ3) is 5.52. The van der Waals surface area contributed by atoms with Crippen LogP contribution < -0.4 is 16.0 Å². The lowest BCUT2D eigenvalue weighted by molar-refractivity contribution is 0.254. The fourth-order valence-corrected chi connectivity index (χ4v) is 3.16. The fourth-order valence-electron chi connectivity index (χ4n) is 3.16. The molecule has 0 radical (unpaired) electrons. The molecule has 0 unspecified atom stereocenters. The summed E-state index contributed by atoms with van der Waals surface area (Å²) in [6.07, 6.45) is 10.3. The number of nitrogens with zero attached hydrogens (tertiary/aromatic N) is 4. The van der Waals surface area contributed by atoms with Crippen molar-refractivity contribution in [2.45, 2.75) is 6.42 Å². The summed E-state index contributed by atoms with van der Waals surface area (Å²) in [5.41, 5.74) is 4.15. The molecule has 0 fully saturated rings. The summed E-state index contributed by atoms with van der Waals surface area (Å²) in [5, 5.41) is 8.77. The second kappa shape index (κ2) is 10.7. The molecule has 0 saturated heterocycles. The summed E-state index contributed by atoms with van der Waals surface area (Å²) in [6, 6.07) is 10.9. The molecule has 0 aliphatic carbocycles. The highest BCUT2D eigenvalue weighted by Crippen LogP contribution is 2.25. The molecule has 3 N–H and O–H groups in total. The number of amides is 2. The highest BCUT2D eigenvalue weighted by atomic mass is 16.4. The van der Waals surface area contributed by atoms with E-state index in [2.05, 4.69) is 49.0 Å². The van der Waals surface area contributed by atoms with E-state index in [1.54, 1.807) is 30.6 Å².